The van der Waals surface area contributed by atoms with Crippen molar-refractivity contribution < 1.29 is 9.57 Å². The topological polar surface area (TPSA) is 82.1 Å². The summed E-state index contributed by atoms with van der Waals surface area (Å²) in [6, 6.07) is 9.81. The molecule has 3 aromatic heterocycles. The summed E-state index contributed by atoms with van der Waals surface area (Å²) in [7, 11) is 0. The van der Waals surface area contributed by atoms with Crippen LogP contribution in [-0.4, -0.2) is 68.1 Å². The van der Waals surface area contributed by atoms with Crippen LogP contribution in [0.1, 0.15) is 22.6 Å². The van der Waals surface area contributed by atoms with Crippen LogP contribution >= 0.6 is 0 Å². The van der Waals surface area contributed by atoms with E-state index in [0.717, 1.165) is 61.6 Å². The van der Waals surface area contributed by atoms with Gasteiger partial charge in [-0.25, -0.2) is 14.5 Å². The molecule has 1 aliphatic heterocycles. The van der Waals surface area contributed by atoms with Gasteiger partial charge in [0, 0.05) is 31.9 Å². The molecule has 0 bridgehead atoms. The van der Waals surface area contributed by atoms with Crippen molar-refractivity contribution >= 4 is 22.9 Å². The number of morpholine rings is 1. The van der Waals surface area contributed by atoms with Crippen molar-refractivity contribution in [2.75, 3.05) is 32.8 Å². The zero-order valence-electron chi connectivity index (χ0n) is 18.4. The molecule has 0 N–H and O–H groups in total. The van der Waals surface area contributed by atoms with Crippen LogP contribution in [0.5, 0.6) is 0 Å². The third-order valence-corrected chi connectivity index (χ3v) is 6.00. The Morgan fingerprint density at radius 2 is 1.91 bits per heavy atom. The number of ether oxygens (including phenoxy) is 1. The van der Waals surface area contributed by atoms with E-state index in [0.29, 0.717) is 5.82 Å². The second kappa shape index (κ2) is 9.05. The standard InChI is InChI=1S/C23H27N7O2/c1-17-18(2)29(9-8-28-10-12-31-13-11-28)22-21(17)23-26-20(27-30(23)16-24-22)15-32-25-14-19-6-4-3-5-7-19/h3-7,14,16H,8-13,15H2,1-2H3/b25-14-. The van der Waals surface area contributed by atoms with E-state index in [4.69, 9.17) is 19.5 Å². The molecule has 0 radical (unpaired) electrons. The highest BCUT2D eigenvalue weighted by Gasteiger charge is 2.19. The van der Waals surface area contributed by atoms with Crippen LogP contribution in [-0.2, 0) is 22.7 Å². The minimum atomic E-state index is 0.197. The predicted molar refractivity (Wildman–Crippen MR) is 122 cm³/mol. The van der Waals surface area contributed by atoms with Gasteiger partial charge in [-0.2, -0.15) is 0 Å². The molecular weight excluding hydrogens is 406 g/mol. The Morgan fingerprint density at radius 3 is 2.72 bits per heavy atom. The highest BCUT2D eigenvalue weighted by molar-refractivity contribution is 5.93. The van der Waals surface area contributed by atoms with Gasteiger partial charge >= 0.3 is 0 Å². The number of fused-ring (bicyclic) bond motifs is 3. The van der Waals surface area contributed by atoms with Crippen LogP contribution in [0.25, 0.3) is 16.7 Å². The quantitative estimate of drug-likeness (QED) is 0.329. The number of aryl methyl sites for hydroxylation is 1. The maximum Gasteiger partial charge on any atom is 0.192 e. The van der Waals surface area contributed by atoms with Gasteiger partial charge in [0.05, 0.1) is 24.8 Å². The lowest BCUT2D eigenvalue weighted by molar-refractivity contribution is 0.0364. The average Bonchev–Trinajstić information content (AvgIpc) is 3.35. The van der Waals surface area contributed by atoms with Crippen molar-refractivity contribution in [3.63, 3.8) is 0 Å². The lowest BCUT2D eigenvalue weighted by atomic mass is 10.2. The Morgan fingerprint density at radius 1 is 1.09 bits per heavy atom. The maximum atomic E-state index is 5.46. The van der Waals surface area contributed by atoms with Crippen LogP contribution in [0.4, 0.5) is 0 Å². The van der Waals surface area contributed by atoms with Crippen molar-refractivity contribution in [2.45, 2.75) is 27.0 Å². The van der Waals surface area contributed by atoms with E-state index in [2.05, 4.69) is 33.6 Å². The van der Waals surface area contributed by atoms with Crippen molar-refractivity contribution in [2.24, 2.45) is 5.16 Å². The molecule has 9 nitrogen and oxygen atoms in total. The molecule has 0 saturated carbocycles. The molecule has 166 valence electrons. The van der Waals surface area contributed by atoms with Crippen LogP contribution in [0.3, 0.4) is 0 Å². The normalized spacial score (nSPS) is 15.3. The molecule has 0 unspecified atom stereocenters. The molecule has 0 atom stereocenters. The molecular formula is C23H27N7O2. The van der Waals surface area contributed by atoms with Crippen molar-refractivity contribution in [1.29, 1.82) is 0 Å². The molecule has 4 heterocycles. The van der Waals surface area contributed by atoms with Gasteiger partial charge < -0.3 is 14.1 Å². The van der Waals surface area contributed by atoms with Crippen LogP contribution in [0.15, 0.2) is 41.8 Å². The summed E-state index contributed by atoms with van der Waals surface area (Å²) in [4.78, 5) is 17.3. The van der Waals surface area contributed by atoms with E-state index in [1.54, 1.807) is 17.1 Å². The first-order valence-corrected chi connectivity index (χ1v) is 10.9. The fourth-order valence-electron chi connectivity index (χ4n) is 4.11. The second-order valence-electron chi connectivity index (χ2n) is 7.97. The Balaban J connectivity index is 1.36. The summed E-state index contributed by atoms with van der Waals surface area (Å²) in [5, 5.41) is 9.59. The Labute approximate surface area is 186 Å². The highest BCUT2D eigenvalue weighted by Crippen LogP contribution is 2.26. The largest absolute Gasteiger partial charge is 0.387 e. The molecule has 0 amide bonds. The summed E-state index contributed by atoms with van der Waals surface area (Å²) < 4.78 is 9.47. The third-order valence-electron chi connectivity index (χ3n) is 6.00. The molecule has 9 heteroatoms. The van der Waals surface area contributed by atoms with Crippen LogP contribution < -0.4 is 0 Å². The van der Waals surface area contributed by atoms with E-state index in [-0.39, 0.29) is 6.61 Å². The molecule has 5 rings (SSSR count). The summed E-state index contributed by atoms with van der Waals surface area (Å²) in [6.07, 6.45) is 3.41. The van der Waals surface area contributed by atoms with Crippen LogP contribution in [0, 0.1) is 13.8 Å². The number of benzene rings is 1. The van der Waals surface area contributed by atoms with Gasteiger partial charge in [-0.3, -0.25) is 4.90 Å². The van der Waals surface area contributed by atoms with E-state index < -0.39 is 0 Å². The van der Waals surface area contributed by atoms with Crippen molar-refractivity contribution in [3.8, 4) is 0 Å². The first kappa shape index (κ1) is 20.6. The molecule has 4 aromatic rings. The number of nitrogens with zero attached hydrogens (tertiary/aromatic N) is 7. The zero-order chi connectivity index (χ0) is 21.9. The number of aromatic nitrogens is 5. The Kier molecular flexibility index (Phi) is 5.83. The van der Waals surface area contributed by atoms with E-state index in [1.807, 2.05) is 30.3 Å². The van der Waals surface area contributed by atoms with Gasteiger partial charge in [0.15, 0.2) is 18.1 Å². The number of hydrogen-bond donors (Lipinski definition) is 0. The fraction of sp³-hybridized carbons (Fsp3) is 0.391. The second-order valence-corrected chi connectivity index (χ2v) is 7.97. The average molecular weight is 434 g/mol. The number of rotatable bonds is 7. The monoisotopic (exact) mass is 433 g/mol. The van der Waals surface area contributed by atoms with Gasteiger partial charge in [0.2, 0.25) is 0 Å². The molecule has 1 fully saturated rings. The minimum Gasteiger partial charge on any atom is -0.387 e. The van der Waals surface area contributed by atoms with E-state index in [1.165, 1.54) is 11.3 Å². The molecule has 1 aromatic carbocycles. The Bertz CT molecular complexity index is 1240. The first-order valence-electron chi connectivity index (χ1n) is 10.9. The molecule has 1 saturated heterocycles. The number of oxime groups is 1. The lowest BCUT2D eigenvalue weighted by Gasteiger charge is -2.26. The van der Waals surface area contributed by atoms with Gasteiger partial charge in [-0.05, 0) is 25.0 Å². The molecule has 32 heavy (non-hydrogen) atoms. The van der Waals surface area contributed by atoms with Gasteiger partial charge in [0.1, 0.15) is 12.0 Å². The summed E-state index contributed by atoms with van der Waals surface area (Å²) in [6.45, 7) is 9.91. The molecule has 1 aliphatic rings. The minimum absolute atomic E-state index is 0.197. The maximum absolute atomic E-state index is 5.46. The zero-order valence-corrected chi connectivity index (χ0v) is 18.4. The highest BCUT2D eigenvalue weighted by atomic mass is 16.6. The fourth-order valence-corrected chi connectivity index (χ4v) is 4.11. The molecule has 0 spiro atoms. The Hall–Kier alpha value is -3.30. The van der Waals surface area contributed by atoms with Gasteiger partial charge in [-0.1, -0.05) is 35.5 Å². The summed E-state index contributed by atoms with van der Waals surface area (Å²) in [5.41, 5.74) is 5.11. The van der Waals surface area contributed by atoms with E-state index in [9.17, 15) is 0 Å². The van der Waals surface area contributed by atoms with Crippen LogP contribution in [0.2, 0.25) is 0 Å². The van der Waals surface area contributed by atoms with Gasteiger partial charge in [-0.15, -0.1) is 5.10 Å². The SMILES string of the molecule is Cc1c(C)n(CCN2CCOCC2)c2ncn3nc(CO/N=C\c4ccccc4)nc3c12. The van der Waals surface area contributed by atoms with Crippen molar-refractivity contribution in [1.82, 2.24) is 29.0 Å². The summed E-state index contributed by atoms with van der Waals surface area (Å²) >= 11 is 0. The smallest absolute Gasteiger partial charge is 0.192 e. The predicted octanol–water partition coefficient (Wildman–Crippen LogP) is 2.58. The summed E-state index contributed by atoms with van der Waals surface area (Å²) in [5.74, 6) is 0.572. The third kappa shape index (κ3) is 4.09. The number of hydrogen-bond acceptors (Lipinski definition) is 7. The van der Waals surface area contributed by atoms with E-state index >= 15 is 0 Å². The molecule has 0 aliphatic carbocycles. The first-order chi connectivity index (χ1) is 15.7. The van der Waals surface area contributed by atoms with Crippen molar-refractivity contribution in [3.05, 3.63) is 59.3 Å². The van der Waals surface area contributed by atoms with Gasteiger partial charge in [0.25, 0.3) is 0 Å². The lowest BCUT2D eigenvalue weighted by Crippen LogP contribution is -2.38.